The summed E-state index contributed by atoms with van der Waals surface area (Å²) < 4.78 is 5.55. The lowest BCUT2D eigenvalue weighted by Gasteiger charge is -2.11. The van der Waals surface area contributed by atoms with Crippen molar-refractivity contribution in [2.24, 2.45) is 0 Å². The van der Waals surface area contributed by atoms with E-state index in [0.717, 1.165) is 19.4 Å². The second-order valence-electron chi connectivity index (χ2n) is 4.92. The van der Waals surface area contributed by atoms with Crippen LogP contribution in [0.4, 0.5) is 10.7 Å². The molecular formula is C14H21N3O3S. The zero-order valence-electron chi connectivity index (χ0n) is 12.3. The third-order valence-corrected chi connectivity index (χ3v) is 4.69. The molecule has 0 radical (unpaired) electrons. The molecule has 1 amide bonds. The van der Waals surface area contributed by atoms with Crippen LogP contribution in [-0.2, 0) is 4.74 Å². The van der Waals surface area contributed by atoms with Crippen LogP contribution >= 0.6 is 11.3 Å². The molecule has 0 aromatic carbocycles. The van der Waals surface area contributed by atoms with E-state index in [2.05, 4.69) is 10.6 Å². The van der Waals surface area contributed by atoms with Crippen molar-refractivity contribution in [3.8, 4) is 0 Å². The largest absolute Gasteiger partial charge is 0.397 e. The molecule has 1 aromatic heterocycles. The Kier molecular flexibility index (Phi) is 5.19. The summed E-state index contributed by atoms with van der Waals surface area (Å²) >= 11 is 1.24. The van der Waals surface area contributed by atoms with Gasteiger partial charge >= 0.3 is 0 Å². The molecule has 1 aromatic rings. The van der Waals surface area contributed by atoms with E-state index in [1.165, 1.54) is 11.3 Å². The molecule has 1 atom stereocenters. The van der Waals surface area contributed by atoms with Crippen LogP contribution in [-0.4, -0.2) is 38.0 Å². The summed E-state index contributed by atoms with van der Waals surface area (Å²) in [4.78, 5) is 24.4. The monoisotopic (exact) mass is 311 g/mol. The van der Waals surface area contributed by atoms with Crippen molar-refractivity contribution < 1.29 is 14.3 Å². The Labute approximate surface area is 128 Å². The molecular weight excluding hydrogens is 290 g/mol. The normalized spacial score (nSPS) is 17.7. The lowest BCUT2D eigenvalue weighted by atomic mass is 10.1. The highest BCUT2D eigenvalue weighted by Gasteiger charge is 2.25. The highest BCUT2D eigenvalue weighted by Crippen LogP contribution is 2.36. The number of carbonyl (C=O) groups excluding carboxylic acids is 2. The Morgan fingerprint density at radius 2 is 2.24 bits per heavy atom. The number of rotatable bonds is 6. The molecule has 1 aliphatic heterocycles. The number of hydrogen-bond acceptors (Lipinski definition) is 6. The zero-order chi connectivity index (χ0) is 15.4. The van der Waals surface area contributed by atoms with Crippen LogP contribution in [0, 0.1) is 0 Å². The topological polar surface area (TPSA) is 93.4 Å². The first-order valence-corrected chi connectivity index (χ1v) is 7.93. The number of nitrogens with two attached hydrogens (primary N) is 1. The maximum Gasteiger partial charge on any atom is 0.256 e. The lowest BCUT2D eigenvalue weighted by Crippen LogP contribution is -2.22. The molecule has 1 saturated heterocycles. The summed E-state index contributed by atoms with van der Waals surface area (Å²) in [5, 5.41) is 6.42. The molecule has 2 heterocycles. The maximum atomic E-state index is 12.0. The van der Waals surface area contributed by atoms with Gasteiger partial charge in [0.2, 0.25) is 0 Å². The van der Waals surface area contributed by atoms with Gasteiger partial charge in [0.15, 0.2) is 5.78 Å². The Balaban J connectivity index is 2.24. The molecule has 0 bridgehead atoms. The van der Waals surface area contributed by atoms with Gasteiger partial charge in [-0.2, -0.15) is 0 Å². The fourth-order valence-electron chi connectivity index (χ4n) is 2.30. The van der Waals surface area contributed by atoms with E-state index < -0.39 is 0 Å². The number of amides is 1. The van der Waals surface area contributed by atoms with Crippen LogP contribution in [0.25, 0.3) is 0 Å². The highest BCUT2D eigenvalue weighted by molar-refractivity contribution is 7.19. The first kappa shape index (κ1) is 15.8. The third-order valence-electron chi connectivity index (χ3n) is 3.49. The Morgan fingerprint density at radius 1 is 1.48 bits per heavy atom. The van der Waals surface area contributed by atoms with Gasteiger partial charge in [0.05, 0.1) is 22.2 Å². The van der Waals surface area contributed by atoms with Crippen LogP contribution in [0.1, 0.15) is 46.2 Å². The smallest absolute Gasteiger partial charge is 0.256 e. The third kappa shape index (κ3) is 3.36. The summed E-state index contributed by atoms with van der Waals surface area (Å²) in [7, 11) is 1.55. The predicted molar refractivity (Wildman–Crippen MR) is 84.2 cm³/mol. The number of carbonyl (C=O) groups is 2. The first-order valence-electron chi connectivity index (χ1n) is 7.11. The van der Waals surface area contributed by atoms with Crippen molar-refractivity contribution >= 4 is 33.7 Å². The molecule has 7 heteroatoms. The average Bonchev–Trinajstić information content (AvgIpc) is 3.11. The molecule has 2 rings (SSSR count). The van der Waals surface area contributed by atoms with E-state index in [-0.39, 0.29) is 23.5 Å². The van der Waals surface area contributed by atoms with E-state index in [1.807, 2.05) is 0 Å². The van der Waals surface area contributed by atoms with E-state index >= 15 is 0 Å². The van der Waals surface area contributed by atoms with Crippen molar-refractivity contribution in [3.63, 3.8) is 0 Å². The average molecular weight is 311 g/mol. The minimum Gasteiger partial charge on any atom is -0.397 e. The molecule has 1 aliphatic rings. The van der Waals surface area contributed by atoms with Gasteiger partial charge in [0.1, 0.15) is 5.00 Å². The minimum absolute atomic E-state index is 0.0483. The number of nitrogen functional groups attached to an aromatic ring is 1. The summed E-state index contributed by atoms with van der Waals surface area (Å²) in [5.41, 5.74) is 6.62. The van der Waals surface area contributed by atoms with E-state index in [9.17, 15) is 9.59 Å². The number of hydrogen-bond donors (Lipinski definition) is 3. The number of ketones is 1. The molecule has 116 valence electrons. The van der Waals surface area contributed by atoms with Crippen molar-refractivity contribution in [2.75, 3.05) is 31.2 Å². The number of anilines is 2. The molecule has 1 fully saturated rings. The minimum atomic E-state index is -0.284. The van der Waals surface area contributed by atoms with Gasteiger partial charge in [-0.15, -0.1) is 11.3 Å². The number of thiophene rings is 1. The zero-order valence-corrected chi connectivity index (χ0v) is 13.1. The van der Waals surface area contributed by atoms with Gasteiger partial charge < -0.3 is 21.1 Å². The maximum absolute atomic E-state index is 12.0. The second kappa shape index (κ2) is 6.91. The lowest BCUT2D eigenvalue weighted by molar-refractivity contribution is 0.0964. The fraction of sp³-hybridized carbons (Fsp3) is 0.571. The van der Waals surface area contributed by atoms with Crippen molar-refractivity contribution in [1.82, 2.24) is 5.32 Å². The molecule has 21 heavy (non-hydrogen) atoms. The molecule has 0 saturated carbocycles. The SMILES string of the molecule is CCC(=O)c1sc(NCC2CCCO2)c(C(=O)NC)c1N. The van der Waals surface area contributed by atoms with E-state index in [4.69, 9.17) is 10.5 Å². The van der Waals surface area contributed by atoms with E-state index in [0.29, 0.717) is 28.4 Å². The summed E-state index contributed by atoms with van der Waals surface area (Å²) in [5.74, 6) is -0.332. The number of nitrogens with one attached hydrogen (secondary N) is 2. The predicted octanol–water partition coefficient (Wildman–Crippen LogP) is 1.87. The Morgan fingerprint density at radius 3 is 2.81 bits per heavy atom. The summed E-state index contributed by atoms with van der Waals surface area (Å²) in [6.45, 7) is 3.17. The molecule has 0 aliphatic carbocycles. The fourth-order valence-corrected chi connectivity index (χ4v) is 3.43. The number of ether oxygens (including phenoxy) is 1. The molecule has 0 spiro atoms. The van der Waals surface area contributed by atoms with Crippen LogP contribution in [0.2, 0.25) is 0 Å². The highest BCUT2D eigenvalue weighted by atomic mass is 32.1. The number of Topliss-reactive ketones (excluding diaryl/α,β-unsaturated/α-hetero) is 1. The Hall–Kier alpha value is -1.60. The first-order chi connectivity index (χ1) is 10.1. The van der Waals surface area contributed by atoms with Crippen LogP contribution in [0.3, 0.4) is 0 Å². The molecule has 4 N–H and O–H groups in total. The summed E-state index contributed by atoms with van der Waals surface area (Å²) in [6.07, 6.45) is 2.57. The van der Waals surface area contributed by atoms with Crippen LogP contribution < -0.4 is 16.4 Å². The Bertz CT molecular complexity index is 536. The van der Waals surface area contributed by atoms with Gasteiger partial charge in [-0.05, 0) is 12.8 Å². The molecule has 1 unspecified atom stereocenters. The molecule has 6 nitrogen and oxygen atoms in total. The van der Waals surface area contributed by atoms with Crippen molar-refractivity contribution in [1.29, 1.82) is 0 Å². The van der Waals surface area contributed by atoms with E-state index in [1.54, 1.807) is 14.0 Å². The van der Waals surface area contributed by atoms with Gasteiger partial charge in [-0.25, -0.2) is 0 Å². The van der Waals surface area contributed by atoms with Gasteiger partial charge in [-0.3, -0.25) is 9.59 Å². The van der Waals surface area contributed by atoms with Crippen LogP contribution in [0.5, 0.6) is 0 Å². The van der Waals surface area contributed by atoms with Crippen molar-refractivity contribution in [2.45, 2.75) is 32.3 Å². The van der Waals surface area contributed by atoms with Gasteiger partial charge in [0, 0.05) is 26.6 Å². The second-order valence-corrected chi connectivity index (χ2v) is 5.94. The van der Waals surface area contributed by atoms with Gasteiger partial charge in [-0.1, -0.05) is 6.92 Å². The van der Waals surface area contributed by atoms with Gasteiger partial charge in [0.25, 0.3) is 5.91 Å². The van der Waals surface area contributed by atoms with Crippen LogP contribution in [0.15, 0.2) is 0 Å². The quantitative estimate of drug-likeness (QED) is 0.697. The van der Waals surface area contributed by atoms with Crippen molar-refractivity contribution in [3.05, 3.63) is 10.4 Å². The standard InChI is InChI=1S/C14H21N3O3S/c1-3-9(18)12-11(15)10(13(19)16-2)14(21-12)17-7-8-5-4-6-20-8/h8,17H,3-7,15H2,1-2H3,(H,16,19). The summed E-state index contributed by atoms with van der Waals surface area (Å²) in [6, 6.07) is 0.